The molecule has 0 spiro atoms. The molecule has 0 fully saturated rings. The predicted molar refractivity (Wildman–Crippen MR) is 67.3 cm³/mol. The van der Waals surface area contributed by atoms with Crippen molar-refractivity contribution in [1.82, 2.24) is 0 Å². The Labute approximate surface area is 106 Å². The van der Waals surface area contributed by atoms with Gasteiger partial charge in [0.25, 0.3) is 0 Å². The molecule has 6 N–H and O–H groups in total. The Morgan fingerprint density at radius 2 is 1.00 bits per heavy atom. The number of aliphatic hydroxyl groups is 4. The summed E-state index contributed by atoms with van der Waals surface area (Å²) >= 11 is 0. The minimum Gasteiger partial charge on any atom is -0.508 e. The zero-order chi connectivity index (χ0) is 14.6. The van der Waals surface area contributed by atoms with Crippen molar-refractivity contribution in [3.8, 4) is 11.5 Å². The van der Waals surface area contributed by atoms with Crippen molar-refractivity contribution in [1.29, 1.82) is 0 Å². The monoisotopic (exact) mass is 262 g/mol. The summed E-state index contributed by atoms with van der Waals surface area (Å²) in [6.45, 7) is 2.84. The topological polar surface area (TPSA) is 121 Å². The summed E-state index contributed by atoms with van der Waals surface area (Å²) in [5, 5.41) is 49.3. The van der Waals surface area contributed by atoms with E-state index >= 15 is 0 Å². The zero-order valence-corrected chi connectivity index (χ0v) is 10.6. The Balaban J connectivity index is 0. The maximum atomic E-state index is 8.65. The average molecular weight is 262 g/mol. The first-order valence-corrected chi connectivity index (χ1v) is 5.41. The van der Waals surface area contributed by atoms with Gasteiger partial charge in [-0.3, -0.25) is 0 Å². The van der Waals surface area contributed by atoms with E-state index in [4.69, 9.17) is 30.6 Å². The minimum absolute atomic E-state index is 0.125. The van der Waals surface area contributed by atoms with Gasteiger partial charge in [0, 0.05) is 0 Å². The molecule has 6 nitrogen and oxygen atoms in total. The number of phenolic OH excluding ortho intramolecular Hbond substituents is 2. The third kappa shape index (κ3) is 14.7. The standard InChI is InChI=1S/C6H6O2.C4H10O2.C2H6O2/c7-5-1-2-6(8)4-3-5;1-3(5)4(2)6;3-1-2-4/h1-4,7-8H;3-6H,1-2H3;3-4H,1-2H2. The van der Waals surface area contributed by atoms with Crippen LogP contribution < -0.4 is 0 Å². The maximum absolute atomic E-state index is 8.65. The summed E-state index contributed by atoms with van der Waals surface area (Å²) < 4.78 is 0. The lowest BCUT2D eigenvalue weighted by Gasteiger charge is -2.03. The van der Waals surface area contributed by atoms with Crippen LogP contribution in [0, 0.1) is 0 Å². The van der Waals surface area contributed by atoms with Crippen LogP contribution in [0.15, 0.2) is 24.3 Å². The summed E-state index contributed by atoms with van der Waals surface area (Å²) in [6.07, 6.45) is -1.19. The predicted octanol–water partition coefficient (Wildman–Crippen LogP) is -0.183. The van der Waals surface area contributed by atoms with Crippen LogP contribution in [0.5, 0.6) is 11.5 Å². The third-order valence-corrected chi connectivity index (χ3v) is 1.65. The normalized spacial score (nSPS) is 12.3. The van der Waals surface area contributed by atoms with Crippen molar-refractivity contribution in [2.45, 2.75) is 26.1 Å². The minimum atomic E-state index is -0.593. The third-order valence-electron chi connectivity index (χ3n) is 1.65. The second-order valence-corrected chi connectivity index (χ2v) is 3.44. The van der Waals surface area contributed by atoms with E-state index in [1.54, 1.807) is 13.8 Å². The number of hydrogen-bond donors (Lipinski definition) is 6. The van der Waals surface area contributed by atoms with Gasteiger partial charge < -0.3 is 30.6 Å². The molecule has 0 radical (unpaired) electrons. The molecule has 0 aliphatic heterocycles. The molecule has 1 aromatic rings. The van der Waals surface area contributed by atoms with Crippen LogP contribution in [0.1, 0.15) is 13.8 Å². The van der Waals surface area contributed by atoms with Crippen LogP contribution in [0.2, 0.25) is 0 Å². The smallest absolute Gasteiger partial charge is 0.115 e. The molecule has 0 amide bonds. The fourth-order valence-corrected chi connectivity index (χ4v) is 0.453. The fourth-order valence-electron chi connectivity index (χ4n) is 0.453. The molecular weight excluding hydrogens is 240 g/mol. The number of benzene rings is 1. The fraction of sp³-hybridized carbons (Fsp3) is 0.500. The van der Waals surface area contributed by atoms with Gasteiger partial charge in [-0.1, -0.05) is 0 Å². The molecule has 0 saturated heterocycles. The van der Waals surface area contributed by atoms with E-state index in [2.05, 4.69) is 0 Å². The zero-order valence-electron chi connectivity index (χ0n) is 10.6. The molecule has 18 heavy (non-hydrogen) atoms. The van der Waals surface area contributed by atoms with Crippen LogP contribution in [0.3, 0.4) is 0 Å². The Hall–Kier alpha value is -1.34. The van der Waals surface area contributed by atoms with Crippen molar-refractivity contribution in [2.24, 2.45) is 0 Å². The Morgan fingerprint density at radius 1 is 0.778 bits per heavy atom. The van der Waals surface area contributed by atoms with E-state index in [0.29, 0.717) is 0 Å². The molecule has 0 aliphatic carbocycles. The van der Waals surface area contributed by atoms with E-state index in [1.165, 1.54) is 24.3 Å². The van der Waals surface area contributed by atoms with E-state index in [1.807, 2.05) is 0 Å². The first kappa shape index (κ1) is 19.0. The van der Waals surface area contributed by atoms with E-state index < -0.39 is 12.2 Å². The van der Waals surface area contributed by atoms with E-state index in [-0.39, 0.29) is 24.7 Å². The number of aromatic hydroxyl groups is 2. The van der Waals surface area contributed by atoms with Crippen LogP contribution in [0.4, 0.5) is 0 Å². The highest BCUT2D eigenvalue weighted by molar-refractivity contribution is 5.28. The van der Waals surface area contributed by atoms with Crippen LogP contribution in [0.25, 0.3) is 0 Å². The Kier molecular flexibility index (Phi) is 12.8. The highest BCUT2D eigenvalue weighted by atomic mass is 16.3. The van der Waals surface area contributed by atoms with Gasteiger partial charge in [0.05, 0.1) is 25.4 Å². The van der Waals surface area contributed by atoms with Gasteiger partial charge in [-0.25, -0.2) is 0 Å². The lowest BCUT2D eigenvalue weighted by molar-refractivity contribution is 0.0438. The Bertz CT molecular complexity index is 241. The van der Waals surface area contributed by atoms with Gasteiger partial charge in [0.1, 0.15) is 11.5 Å². The summed E-state index contributed by atoms with van der Waals surface area (Å²) in [4.78, 5) is 0. The van der Waals surface area contributed by atoms with E-state index in [9.17, 15) is 0 Å². The molecular formula is C12H22O6. The lowest BCUT2D eigenvalue weighted by Crippen LogP contribution is -2.17. The van der Waals surface area contributed by atoms with Gasteiger partial charge in [-0.15, -0.1) is 0 Å². The number of phenols is 2. The van der Waals surface area contributed by atoms with Crippen molar-refractivity contribution in [3.63, 3.8) is 0 Å². The SMILES string of the molecule is CC(O)C(C)O.OCCO.Oc1ccc(O)cc1. The van der Waals surface area contributed by atoms with Crippen LogP contribution in [-0.4, -0.2) is 56.1 Å². The number of rotatable bonds is 2. The van der Waals surface area contributed by atoms with Gasteiger partial charge in [0.2, 0.25) is 0 Å². The van der Waals surface area contributed by atoms with Gasteiger partial charge >= 0.3 is 0 Å². The Morgan fingerprint density at radius 3 is 1.11 bits per heavy atom. The molecule has 106 valence electrons. The van der Waals surface area contributed by atoms with Crippen molar-refractivity contribution < 1.29 is 30.6 Å². The first-order chi connectivity index (χ1) is 8.34. The molecule has 1 rings (SSSR count). The summed E-state index contributed by atoms with van der Waals surface area (Å²) in [5.41, 5.74) is 0. The molecule has 6 heteroatoms. The van der Waals surface area contributed by atoms with Crippen LogP contribution in [-0.2, 0) is 0 Å². The lowest BCUT2D eigenvalue weighted by atomic mass is 10.3. The first-order valence-electron chi connectivity index (χ1n) is 5.41. The maximum Gasteiger partial charge on any atom is 0.115 e. The van der Waals surface area contributed by atoms with Gasteiger partial charge in [0.15, 0.2) is 0 Å². The molecule has 0 saturated carbocycles. The van der Waals surface area contributed by atoms with Gasteiger partial charge in [-0.2, -0.15) is 0 Å². The van der Waals surface area contributed by atoms with Crippen molar-refractivity contribution >= 4 is 0 Å². The van der Waals surface area contributed by atoms with Gasteiger partial charge in [-0.05, 0) is 38.1 Å². The van der Waals surface area contributed by atoms with Crippen molar-refractivity contribution in [3.05, 3.63) is 24.3 Å². The average Bonchev–Trinajstić information content (AvgIpc) is 2.34. The second-order valence-electron chi connectivity index (χ2n) is 3.44. The van der Waals surface area contributed by atoms with Crippen molar-refractivity contribution in [2.75, 3.05) is 13.2 Å². The summed E-state index contributed by atoms with van der Waals surface area (Å²) in [7, 11) is 0. The summed E-state index contributed by atoms with van der Waals surface area (Å²) in [6, 6.07) is 5.70. The van der Waals surface area contributed by atoms with E-state index in [0.717, 1.165) is 0 Å². The van der Waals surface area contributed by atoms with Crippen LogP contribution >= 0.6 is 0 Å². The second kappa shape index (κ2) is 12.1. The molecule has 0 aromatic heterocycles. The molecule has 0 bridgehead atoms. The largest absolute Gasteiger partial charge is 0.508 e. The highest BCUT2D eigenvalue weighted by Gasteiger charge is 1.99. The number of hydrogen-bond acceptors (Lipinski definition) is 6. The summed E-state index contributed by atoms with van der Waals surface area (Å²) in [5.74, 6) is 0.339. The molecule has 2 atom stereocenters. The molecule has 1 aromatic carbocycles. The molecule has 2 unspecified atom stereocenters. The quantitative estimate of drug-likeness (QED) is 0.411. The number of aliphatic hydroxyl groups excluding tert-OH is 4. The molecule has 0 heterocycles. The highest BCUT2D eigenvalue weighted by Crippen LogP contribution is 2.13. The molecule has 0 aliphatic rings.